The fraction of sp³-hybridized carbons (Fsp3) is 0.271. The summed E-state index contributed by atoms with van der Waals surface area (Å²) in [6.07, 6.45) is 1.92. The number of benzene rings is 5. The van der Waals surface area contributed by atoms with E-state index in [9.17, 15) is 0 Å². The van der Waals surface area contributed by atoms with Gasteiger partial charge in [0.05, 0.1) is 18.0 Å². The molecular formula is C48H48N4OPt. The smallest absolute Gasteiger partial charge is 0.509 e. The van der Waals surface area contributed by atoms with Crippen molar-refractivity contribution >= 4 is 44.6 Å². The van der Waals surface area contributed by atoms with Gasteiger partial charge in [0, 0.05) is 28.9 Å². The molecule has 0 unspecified atom stereocenters. The van der Waals surface area contributed by atoms with Crippen LogP contribution in [0.25, 0.3) is 27.6 Å². The van der Waals surface area contributed by atoms with Crippen LogP contribution in [-0.4, -0.2) is 16.2 Å². The van der Waals surface area contributed by atoms with Crippen LogP contribution in [-0.2, 0) is 37.3 Å². The summed E-state index contributed by atoms with van der Waals surface area (Å²) in [7, 11) is 0. The first-order valence-corrected chi connectivity index (χ1v) is 18.6. The van der Waals surface area contributed by atoms with E-state index in [4.69, 9.17) is 9.72 Å². The Bertz CT molecular complexity index is 2480. The number of anilines is 4. The molecule has 0 radical (unpaired) electrons. The Morgan fingerprint density at radius 2 is 1.20 bits per heavy atom. The van der Waals surface area contributed by atoms with Crippen molar-refractivity contribution in [3.63, 3.8) is 0 Å². The molecule has 5 aromatic carbocycles. The van der Waals surface area contributed by atoms with Crippen LogP contribution in [0.4, 0.5) is 22.7 Å². The SMILES string of the molecule is CC(C)(C)c1cc(Oc2[c-]c3c(cc2)c2ccc(C(C)(C)C)cc2n3-c2cc(C(C)(C)C)ccn2)[c-]c(N2CN(c3ccccc3)c3ccccc32)c1.[Pt+2]. The van der Waals surface area contributed by atoms with Crippen LogP contribution in [0.2, 0.25) is 0 Å². The third-order valence-corrected chi connectivity index (χ3v) is 10.4. The summed E-state index contributed by atoms with van der Waals surface area (Å²) in [5.41, 5.74) is 9.99. The minimum atomic E-state index is -0.116. The number of rotatable bonds is 5. The van der Waals surface area contributed by atoms with E-state index in [0.717, 1.165) is 44.7 Å². The number of hydrogen-bond donors (Lipinski definition) is 0. The van der Waals surface area contributed by atoms with E-state index in [1.165, 1.54) is 22.4 Å². The third-order valence-electron chi connectivity index (χ3n) is 10.4. The Morgan fingerprint density at radius 3 is 1.89 bits per heavy atom. The fourth-order valence-corrected chi connectivity index (χ4v) is 7.22. The van der Waals surface area contributed by atoms with Crippen molar-refractivity contribution in [1.82, 2.24) is 9.55 Å². The third kappa shape index (κ3) is 6.95. The van der Waals surface area contributed by atoms with Crippen LogP contribution >= 0.6 is 0 Å². The van der Waals surface area contributed by atoms with Gasteiger partial charge in [-0.15, -0.1) is 41.3 Å². The van der Waals surface area contributed by atoms with Crippen molar-refractivity contribution in [2.75, 3.05) is 16.5 Å². The number of nitrogens with zero attached hydrogens (tertiary/aromatic N) is 4. The topological polar surface area (TPSA) is 33.5 Å². The minimum Gasteiger partial charge on any atom is -0.509 e. The van der Waals surface area contributed by atoms with Crippen molar-refractivity contribution < 1.29 is 25.8 Å². The number of hydrogen-bond acceptors (Lipinski definition) is 4. The summed E-state index contributed by atoms with van der Waals surface area (Å²) in [4.78, 5) is 9.61. The quantitative estimate of drug-likeness (QED) is 0.161. The van der Waals surface area contributed by atoms with Gasteiger partial charge in [0.15, 0.2) is 0 Å². The van der Waals surface area contributed by atoms with Crippen molar-refractivity contribution in [2.24, 2.45) is 0 Å². The molecule has 0 atom stereocenters. The molecule has 0 aliphatic carbocycles. The van der Waals surface area contributed by atoms with E-state index in [-0.39, 0.29) is 37.3 Å². The molecule has 7 aromatic rings. The second-order valence-corrected chi connectivity index (χ2v) is 17.3. The van der Waals surface area contributed by atoms with Crippen molar-refractivity contribution in [3.8, 4) is 17.3 Å². The first-order chi connectivity index (χ1) is 25.1. The Kier molecular flexibility index (Phi) is 9.55. The molecule has 6 heteroatoms. The molecule has 0 saturated carbocycles. The van der Waals surface area contributed by atoms with Gasteiger partial charge in [0.2, 0.25) is 0 Å². The first kappa shape index (κ1) is 37.5. The summed E-state index contributed by atoms with van der Waals surface area (Å²) in [6, 6.07) is 46.2. The molecule has 0 fully saturated rings. The van der Waals surface area contributed by atoms with E-state index in [2.05, 4.69) is 192 Å². The van der Waals surface area contributed by atoms with Gasteiger partial charge in [-0.05, 0) is 75.2 Å². The Hall–Kier alpha value is -4.86. The van der Waals surface area contributed by atoms with Crippen LogP contribution in [0.3, 0.4) is 0 Å². The van der Waals surface area contributed by atoms with Gasteiger partial charge in [0.25, 0.3) is 0 Å². The van der Waals surface area contributed by atoms with E-state index < -0.39 is 0 Å². The number of fused-ring (bicyclic) bond motifs is 4. The summed E-state index contributed by atoms with van der Waals surface area (Å²) in [6.45, 7) is 20.9. The molecule has 0 saturated heterocycles. The number of pyridine rings is 1. The summed E-state index contributed by atoms with van der Waals surface area (Å²) < 4.78 is 9.03. The van der Waals surface area contributed by atoms with Gasteiger partial charge < -0.3 is 19.1 Å². The molecule has 3 heterocycles. The van der Waals surface area contributed by atoms with Crippen molar-refractivity contribution in [3.05, 3.63) is 144 Å². The Labute approximate surface area is 334 Å². The average molecular weight is 892 g/mol. The van der Waals surface area contributed by atoms with E-state index in [1.54, 1.807) is 0 Å². The monoisotopic (exact) mass is 891 g/mol. The second kappa shape index (κ2) is 13.8. The maximum Gasteiger partial charge on any atom is 2.00 e. The summed E-state index contributed by atoms with van der Waals surface area (Å²) in [5, 5.41) is 2.27. The van der Waals surface area contributed by atoms with E-state index >= 15 is 0 Å². The molecule has 0 spiro atoms. The molecule has 0 N–H and O–H groups in total. The molecular weight excluding hydrogens is 844 g/mol. The number of aromatic nitrogens is 2. The fourth-order valence-electron chi connectivity index (χ4n) is 7.22. The van der Waals surface area contributed by atoms with E-state index in [1.807, 2.05) is 12.3 Å². The Balaban J connectivity index is 0.00000450. The molecule has 54 heavy (non-hydrogen) atoms. The molecule has 1 aliphatic rings. The van der Waals surface area contributed by atoms with Crippen LogP contribution in [0.5, 0.6) is 11.5 Å². The van der Waals surface area contributed by atoms with Crippen LogP contribution in [0, 0.1) is 12.1 Å². The minimum absolute atomic E-state index is 0. The maximum absolute atomic E-state index is 6.78. The van der Waals surface area contributed by atoms with Gasteiger partial charge in [-0.25, -0.2) is 4.98 Å². The first-order valence-electron chi connectivity index (χ1n) is 18.6. The molecule has 0 amide bonds. The zero-order valence-electron chi connectivity index (χ0n) is 32.7. The van der Waals surface area contributed by atoms with Gasteiger partial charge in [-0.1, -0.05) is 116 Å². The normalized spacial score (nSPS) is 13.4. The Morgan fingerprint density at radius 1 is 0.574 bits per heavy atom. The van der Waals surface area contributed by atoms with Crippen LogP contribution < -0.4 is 14.5 Å². The molecule has 276 valence electrons. The largest absolute Gasteiger partial charge is 2.00 e. The molecule has 1 aliphatic heterocycles. The second-order valence-electron chi connectivity index (χ2n) is 17.3. The number of para-hydroxylation sites is 3. The van der Waals surface area contributed by atoms with Crippen molar-refractivity contribution in [1.29, 1.82) is 0 Å². The van der Waals surface area contributed by atoms with Gasteiger partial charge in [-0.2, -0.15) is 6.07 Å². The molecule has 2 aromatic heterocycles. The standard InChI is InChI=1S/C48H48N4O.Pt/c1-46(2,3)32-19-21-39-40-22-20-37(30-44(40)52(43(39)27-32)45-28-33(23-24-49-45)47(4,5)6)53-38-26-34(48(7,8)9)25-36(29-38)51-31-50(35-15-11-10-12-16-35)41-17-13-14-18-42(41)51;/h10-28H,31H2,1-9H3;/q-2;+2. The zero-order chi connectivity index (χ0) is 37.3. The predicted molar refractivity (Wildman–Crippen MR) is 221 cm³/mol. The van der Waals surface area contributed by atoms with Gasteiger partial charge in [0.1, 0.15) is 5.82 Å². The maximum atomic E-state index is 6.78. The molecule has 8 rings (SSSR count). The van der Waals surface area contributed by atoms with Crippen LogP contribution in [0.1, 0.15) is 79.0 Å². The summed E-state index contributed by atoms with van der Waals surface area (Å²) in [5.74, 6) is 2.16. The predicted octanol–water partition coefficient (Wildman–Crippen LogP) is 12.7. The zero-order valence-corrected chi connectivity index (χ0v) is 35.0. The van der Waals surface area contributed by atoms with Gasteiger partial charge in [-0.3, -0.25) is 0 Å². The van der Waals surface area contributed by atoms with E-state index in [0.29, 0.717) is 18.2 Å². The molecule has 5 nitrogen and oxygen atoms in total. The van der Waals surface area contributed by atoms with Crippen LogP contribution in [0.15, 0.2) is 115 Å². The summed E-state index contributed by atoms with van der Waals surface area (Å²) >= 11 is 0. The van der Waals surface area contributed by atoms with Crippen molar-refractivity contribution in [2.45, 2.75) is 78.6 Å². The van der Waals surface area contributed by atoms with Gasteiger partial charge >= 0.3 is 21.1 Å². The average Bonchev–Trinajstić information content (AvgIpc) is 3.67. The number of ether oxygens (including phenoxy) is 1. The molecule has 0 bridgehead atoms.